The van der Waals surface area contributed by atoms with Crippen molar-refractivity contribution < 1.29 is 61.8 Å². The number of amides is 1. The molecule has 0 aromatic carbocycles. The van der Waals surface area contributed by atoms with Gasteiger partial charge in [0.1, 0.15) is 31.0 Å². The summed E-state index contributed by atoms with van der Waals surface area (Å²) in [7, 11) is -5.38. The van der Waals surface area contributed by atoms with Crippen LogP contribution in [-0.2, 0) is 42.5 Å². The second-order valence-electron chi connectivity index (χ2n) is 17.5. The number of carbonyl (C=O) groups excluding carboxylic acids is 3. The molecule has 0 aromatic rings. The summed E-state index contributed by atoms with van der Waals surface area (Å²) in [5, 5.41) is 12.6. The predicted molar refractivity (Wildman–Crippen MR) is 240 cm³/mol. The summed E-state index contributed by atoms with van der Waals surface area (Å²) in [4.78, 5) is 72.0. The van der Waals surface area contributed by atoms with Crippen molar-refractivity contribution in [1.82, 2.24) is 5.32 Å². The quantitative estimate of drug-likeness (QED) is 0.0258. The Morgan fingerprint density at radius 3 is 1.45 bits per heavy atom. The number of hydrogen-bond donors (Lipinski definition) is 4. The van der Waals surface area contributed by atoms with E-state index in [1.54, 1.807) is 0 Å². The second kappa shape index (κ2) is 37.1. The fourth-order valence-corrected chi connectivity index (χ4v) is 8.74. The van der Waals surface area contributed by atoms with E-state index >= 15 is 0 Å². The van der Waals surface area contributed by atoms with Gasteiger partial charge < -0.3 is 34.4 Å². The van der Waals surface area contributed by atoms with Crippen molar-refractivity contribution in [2.75, 3.05) is 6.67 Å². The number of esters is 2. The predicted octanol–water partition coefficient (Wildman–Crippen LogP) is 11.5. The molecule has 6 atom stereocenters. The number of unbranched alkanes of at least 4 members (excludes halogenated alkanes) is 26. The summed E-state index contributed by atoms with van der Waals surface area (Å²) in [6.07, 6.45) is 22.6. The number of phosphoric acid groups is 1. The zero-order chi connectivity index (χ0) is 45.9. The van der Waals surface area contributed by atoms with Crippen molar-refractivity contribution in [2.24, 2.45) is 0 Å². The summed E-state index contributed by atoms with van der Waals surface area (Å²) in [5.41, 5.74) is 0. The van der Waals surface area contributed by atoms with Crippen molar-refractivity contribution in [3.05, 3.63) is 0 Å². The number of aliphatic carboxylic acids is 1. The average Bonchev–Trinajstić information content (AvgIpc) is 3.22. The molecule has 15 heteroatoms. The molecule has 13 nitrogen and oxygen atoms in total. The third-order valence-electron chi connectivity index (χ3n) is 11.8. The Morgan fingerprint density at radius 1 is 0.613 bits per heavy atom. The highest BCUT2D eigenvalue weighted by Gasteiger charge is 2.54. The summed E-state index contributed by atoms with van der Waals surface area (Å²) < 4.78 is 48.3. The second-order valence-corrected chi connectivity index (χ2v) is 18.7. The molecule has 1 heterocycles. The fraction of sp³-hybridized carbons (Fsp3) is 0.915. The fourth-order valence-electron chi connectivity index (χ4n) is 8.16. The molecule has 1 rings (SSSR count). The van der Waals surface area contributed by atoms with E-state index in [2.05, 4.69) is 26.1 Å². The molecule has 4 N–H and O–H groups in total. The average molecular weight is 908 g/mol. The minimum Gasteiger partial charge on any atom is -0.479 e. The number of ether oxygens (including phenoxy) is 3. The van der Waals surface area contributed by atoms with Crippen LogP contribution in [0.2, 0.25) is 0 Å². The molecule has 0 unspecified atom stereocenters. The van der Waals surface area contributed by atoms with Gasteiger partial charge >= 0.3 is 25.7 Å². The van der Waals surface area contributed by atoms with Crippen LogP contribution in [0.1, 0.15) is 233 Å². The monoisotopic (exact) mass is 908 g/mol. The number of carbonyl (C=O) groups is 4. The normalized spacial score (nSPS) is 19.5. The highest BCUT2D eigenvalue weighted by atomic mass is 31.2. The molecule has 0 saturated carbocycles. The number of alkyl halides is 1. The smallest absolute Gasteiger partial charge is 0.470 e. The highest BCUT2D eigenvalue weighted by Crippen LogP contribution is 2.42. The molecule has 0 radical (unpaired) electrons. The summed E-state index contributed by atoms with van der Waals surface area (Å²) in [6.45, 7) is 5.12. The van der Waals surface area contributed by atoms with Gasteiger partial charge in [0.25, 0.3) is 0 Å². The van der Waals surface area contributed by atoms with Gasteiger partial charge in [0, 0.05) is 12.8 Å². The van der Waals surface area contributed by atoms with E-state index in [1.165, 1.54) is 89.9 Å². The number of phosphoric ester groups is 1. The Balaban J connectivity index is 3.03. The lowest BCUT2D eigenvalue weighted by atomic mass is 9.92. The maximum absolute atomic E-state index is 14.4. The van der Waals surface area contributed by atoms with Crippen LogP contribution >= 0.6 is 7.82 Å². The van der Waals surface area contributed by atoms with Crippen molar-refractivity contribution in [2.45, 2.75) is 269 Å². The minimum absolute atomic E-state index is 0.00574. The lowest BCUT2D eigenvalue weighted by Gasteiger charge is -2.44. The Kier molecular flexibility index (Phi) is 34.7. The molecule has 1 amide bonds. The lowest BCUT2D eigenvalue weighted by Crippen LogP contribution is -2.67. The number of hydrogen-bond acceptors (Lipinski definition) is 9. The molecule has 0 aliphatic carbocycles. The van der Waals surface area contributed by atoms with Gasteiger partial charge in [-0.2, -0.15) is 0 Å². The zero-order valence-electron chi connectivity index (χ0n) is 38.8. The number of halogens is 1. The Morgan fingerprint density at radius 2 is 1.03 bits per heavy atom. The standard InChI is InChI=1S/C47H87FNO12P/c1-4-7-10-13-16-19-20-23-26-29-32-35-41(51)58-38(33-30-27-24-21-17-14-11-8-5-2)36-42(52)60-45-43(49-40(50)34-31-28-25-22-18-15-12-9-6-3)46(47(53)54)59-39(37-48)44(45)61-62(55,56)57/h38-39,43-46H,4-37H2,1-3H3,(H,49,50)(H,53,54)(H2,55,56,57)/t38-,39-,43-,44-,45-,46+/m1/s1. The van der Waals surface area contributed by atoms with Crippen LogP contribution in [0.15, 0.2) is 0 Å². The molecule has 364 valence electrons. The summed E-state index contributed by atoms with van der Waals surface area (Å²) >= 11 is 0. The first-order valence-electron chi connectivity index (χ1n) is 24.7. The van der Waals surface area contributed by atoms with Crippen LogP contribution in [-0.4, -0.2) is 81.9 Å². The highest BCUT2D eigenvalue weighted by molar-refractivity contribution is 7.46. The number of rotatable bonds is 41. The van der Waals surface area contributed by atoms with Gasteiger partial charge in [0.05, 0.1) is 6.42 Å². The number of carboxylic acids is 1. The van der Waals surface area contributed by atoms with Crippen molar-refractivity contribution in [3.8, 4) is 0 Å². The maximum Gasteiger partial charge on any atom is 0.470 e. The minimum atomic E-state index is -5.38. The molecular weight excluding hydrogens is 820 g/mol. The first kappa shape index (κ1) is 57.9. The number of carboxylic acid groups (broad SMARTS) is 1. The van der Waals surface area contributed by atoms with E-state index in [0.717, 1.165) is 77.0 Å². The van der Waals surface area contributed by atoms with Gasteiger partial charge in [-0.25, -0.2) is 13.8 Å². The van der Waals surface area contributed by atoms with Crippen LogP contribution in [0, 0.1) is 0 Å². The molecule has 0 spiro atoms. The lowest BCUT2D eigenvalue weighted by molar-refractivity contribution is -0.212. The first-order chi connectivity index (χ1) is 29.9. The Bertz CT molecular complexity index is 1220. The van der Waals surface area contributed by atoms with Gasteiger partial charge in [0.15, 0.2) is 12.2 Å². The molecule has 1 aliphatic rings. The van der Waals surface area contributed by atoms with Gasteiger partial charge in [-0.15, -0.1) is 0 Å². The van der Waals surface area contributed by atoms with Crippen molar-refractivity contribution >= 4 is 31.6 Å². The van der Waals surface area contributed by atoms with Gasteiger partial charge in [-0.05, 0) is 25.7 Å². The van der Waals surface area contributed by atoms with Crippen LogP contribution in [0.3, 0.4) is 0 Å². The van der Waals surface area contributed by atoms with Gasteiger partial charge in [-0.1, -0.05) is 188 Å². The van der Waals surface area contributed by atoms with E-state index in [-0.39, 0.29) is 12.8 Å². The van der Waals surface area contributed by atoms with E-state index < -0.39 is 81.3 Å². The first-order valence-corrected chi connectivity index (χ1v) is 26.3. The summed E-state index contributed by atoms with van der Waals surface area (Å²) in [5.74, 6) is -3.64. The molecule has 62 heavy (non-hydrogen) atoms. The van der Waals surface area contributed by atoms with Crippen LogP contribution in [0.25, 0.3) is 0 Å². The van der Waals surface area contributed by atoms with Crippen LogP contribution in [0.4, 0.5) is 4.39 Å². The zero-order valence-corrected chi connectivity index (χ0v) is 39.7. The van der Waals surface area contributed by atoms with Crippen LogP contribution < -0.4 is 5.32 Å². The molecular formula is C47H87FNO12P. The largest absolute Gasteiger partial charge is 0.479 e. The Hall–Kier alpha value is -2.12. The SMILES string of the molecule is CCCCCCCCCCCCCC(=O)O[C@H](CCCCCCCCCCC)CC(=O)O[C@@H]1[C@@H](NC(=O)CCCCCCCCCCC)[C@@H](C(=O)O)O[C@H](CF)[C@H]1OP(=O)(O)O. The van der Waals surface area contributed by atoms with Crippen LogP contribution in [0.5, 0.6) is 0 Å². The van der Waals surface area contributed by atoms with E-state index in [0.29, 0.717) is 25.7 Å². The maximum atomic E-state index is 14.4. The van der Waals surface area contributed by atoms with E-state index in [1.807, 2.05) is 0 Å². The van der Waals surface area contributed by atoms with E-state index in [4.69, 9.17) is 18.7 Å². The van der Waals surface area contributed by atoms with Gasteiger partial charge in [0.2, 0.25) is 5.91 Å². The number of nitrogens with one attached hydrogen (secondary N) is 1. The Labute approximate surface area is 373 Å². The van der Waals surface area contributed by atoms with Gasteiger partial charge in [-0.3, -0.25) is 18.9 Å². The van der Waals surface area contributed by atoms with Crippen molar-refractivity contribution in [1.29, 1.82) is 0 Å². The molecule has 1 saturated heterocycles. The summed E-state index contributed by atoms with van der Waals surface area (Å²) in [6, 6.07) is -1.68. The molecule has 1 aliphatic heterocycles. The molecule has 0 aromatic heterocycles. The third-order valence-corrected chi connectivity index (χ3v) is 12.3. The van der Waals surface area contributed by atoms with E-state index in [9.17, 15) is 43.0 Å². The van der Waals surface area contributed by atoms with Crippen molar-refractivity contribution in [3.63, 3.8) is 0 Å². The third kappa shape index (κ3) is 29.3. The molecule has 1 fully saturated rings. The molecule has 0 bridgehead atoms. The topological polar surface area (TPSA) is 195 Å².